The number of rotatable bonds is 11. The van der Waals surface area contributed by atoms with Crippen molar-refractivity contribution in [1.82, 2.24) is 0 Å². The van der Waals surface area contributed by atoms with Gasteiger partial charge in [0, 0.05) is 0 Å². The van der Waals surface area contributed by atoms with E-state index in [2.05, 4.69) is 0 Å². The van der Waals surface area contributed by atoms with E-state index in [0.717, 1.165) is 43.4 Å². The van der Waals surface area contributed by atoms with Crippen molar-refractivity contribution in [3.05, 3.63) is 65.7 Å². The highest BCUT2D eigenvalue weighted by molar-refractivity contribution is 5.72. The highest BCUT2D eigenvalue weighted by Gasteiger charge is 2.43. The first-order chi connectivity index (χ1) is 16.4. The highest BCUT2D eigenvalue weighted by atomic mass is 19.4. The molecule has 0 bridgehead atoms. The Balaban J connectivity index is 1.45. The number of hydrogen-bond acceptors (Lipinski definition) is 3. The molecule has 0 heterocycles. The molecule has 1 aliphatic rings. The number of alkyl halides is 3. The topological polar surface area (TPSA) is 35.5 Å². The maximum Gasteiger partial charge on any atom is 0.425 e. The van der Waals surface area contributed by atoms with Crippen molar-refractivity contribution in [2.24, 2.45) is 5.92 Å². The molecule has 6 heteroatoms. The van der Waals surface area contributed by atoms with E-state index in [1.807, 2.05) is 61.5 Å². The Kier molecular flexibility index (Phi) is 9.85. The number of carbonyl (C=O) groups is 1. The zero-order chi connectivity index (χ0) is 24.4. The van der Waals surface area contributed by atoms with Gasteiger partial charge in [-0.2, -0.15) is 13.2 Å². The van der Waals surface area contributed by atoms with Gasteiger partial charge in [0.1, 0.15) is 12.4 Å². The minimum absolute atomic E-state index is 0.150. The van der Waals surface area contributed by atoms with E-state index in [1.54, 1.807) is 0 Å². The molecule has 0 radical (unpaired) electrons. The van der Waals surface area contributed by atoms with E-state index >= 15 is 0 Å². The fourth-order valence-electron chi connectivity index (χ4n) is 4.52. The second kappa shape index (κ2) is 12.8. The third-order valence-corrected chi connectivity index (χ3v) is 6.60. The Labute approximate surface area is 200 Å². The van der Waals surface area contributed by atoms with Crippen molar-refractivity contribution in [3.8, 4) is 5.75 Å². The van der Waals surface area contributed by atoms with Crippen molar-refractivity contribution in [3.63, 3.8) is 0 Å². The molecule has 0 aromatic heterocycles. The number of unbranched alkanes of at least 4 members (excludes halogenated alkanes) is 3. The van der Waals surface area contributed by atoms with Crippen LogP contribution in [-0.4, -0.2) is 18.2 Å². The van der Waals surface area contributed by atoms with Gasteiger partial charge in [0.05, 0.1) is 5.92 Å². The predicted octanol–water partition coefficient (Wildman–Crippen LogP) is 7.98. The molecule has 0 aliphatic heterocycles. The monoisotopic (exact) mass is 476 g/mol. The van der Waals surface area contributed by atoms with Crippen LogP contribution in [0.4, 0.5) is 13.2 Å². The minimum atomic E-state index is -4.51. The number of benzene rings is 2. The fourth-order valence-corrected chi connectivity index (χ4v) is 4.52. The summed E-state index contributed by atoms with van der Waals surface area (Å²) in [7, 11) is 0. The lowest BCUT2D eigenvalue weighted by Gasteiger charge is -2.29. The summed E-state index contributed by atoms with van der Waals surface area (Å²) in [6.45, 7) is 2.51. The second-order valence-corrected chi connectivity index (χ2v) is 9.21. The van der Waals surface area contributed by atoms with Crippen molar-refractivity contribution in [2.75, 3.05) is 0 Å². The first kappa shape index (κ1) is 26.1. The molecule has 0 unspecified atom stereocenters. The van der Waals surface area contributed by atoms with Gasteiger partial charge in [-0.25, -0.2) is 0 Å². The highest BCUT2D eigenvalue weighted by Crippen LogP contribution is 2.38. The third kappa shape index (κ3) is 8.07. The van der Waals surface area contributed by atoms with E-state index in [9.17, 15) is 18.0 Å². The maximum atomic E-state index is 13.3. The molecule has 2 aromatic rings. The first-order valence-corrected chi connectivity index (χ1v) is 12.4. The molecule has 2 aromatic carbocycles. The smallest absolute Gasteiger partial charge is 0.425 e. The number of ether oxygens (including phenoxy) is 2. The van der Waals surface area contributed by atoms with Crippen LogP contribution >= 0.6 is 0 Å². The quantitative estimate of drug-likeness (QED) is 0.244. The van der Waals surface area contributed by atoms with E-state index in [4.69, 9.17) is 9.47 Å². The molecule has 1 saturated carbocycles. The Hall–Kier alpha value is -2.50. The zero-order valence-electron chi connectivity index (χ0n) is 19.9. The average Bonchev–Trinajstić information content (AvgIpc) is 2.85. The van der Waals surface area contributed by atoms with Gasteiger partial charge in [-0.15, -0.1) is 0 Å². The normalized spacial score (nSPS) is 19.4. The van der Waals surface area contributed by atoms with Crippen LogP contribution in [0.2, 0.25) is 0 Å². The van der Waals surface area contributed by atoms with Crippen molar-refractivity contribution < 1.29 is 27.4 Å². The lowest BCUT2D eigenvalue weighted by molar-refractivity contribution is -0.225. The maximum absolute atomic E-state index is 13.3. The van der Waals surface area contributed by atoms with Gasteiger partial charge in [0.25, 0.3) is 0 Å². The van der Waals surface area contributed by atoms with E-state index in [1.165, 1.54) is 5.56 Å². The molecule has 3 rings (SSSR count). The van der Waals surface area contributed by atoms with Crippen LogP contribution in [-0.2, 0) is 16.1 Å². The number of hydrogen-bond donors (Lipinski definition) is 0. The zero-order valence-corrected chi connectivity index (χ0v) is 19.9. The molecule has 0 saturated heterocycles. The number of carbonyl (C=O) groups excluding carboxylic acids is 1. The van der Waals surface area contributed by atoms with Crippen LogP contribution in [0.15, 0.2) is 54.6 Å². The van der Waals surface area contributed by atoms with Crippen molar-refractivity contribution in [1.29, 1.82) is 0 Å². The fraction of sp³-hybridized carbons (Fsp3) is 0.536. The van der Waals surface area contributed by atoms with Gasteiger partial charge in [0.2, 0.25) is 0 Å². The minimum Gasteiger partial charge on any atom is -0.489 e. The summed E-state index contributed by atoms with van der Waals surface area (Å²) in [4.78, 5) is 12.5. The average molecular weight is 477 g/mol. The van der Waals surface area contributed by atoms with E-state index in [-0.39, 0.29) is 6.42 Å². The Morgan fingerprint density at radius 3 is 2.24 bits per heavy atom. The summed E-state index contributed by atoms with van der Waals surface area (Å²) in [6.07, 6.45) is -1.04. The third-order valence-electron chi connectivity index (χ3n) is 6.60. The van der Waals surface area contributed by atoms with E-state index in [0.29, 0.717) is 31.8 Å². The molecule has 1 aliphatic carbocycles. The molecule has 3 nitrogen and oxygen atoms in total. The van der Waals surface area contributed by atoms with Crippen molar-refractivity contribution >= 4 is 5.97 Å². The molecule has 1 atom stereocenters. The summed E-state index contributed by atoms with van der Waals surface area (Å²) in [5.41, 5.74) is 2.27. The Morgan fingerprint density at radius 1 is 0.941 bits per heavy atom. The molecule has 0 spiro atoms. The molecule has 34 heavy (non-hydrogen) atoms. The molecular formula is C28H35F3O3. The molecule has 186 valence electrons. The molecule has 0 N–H and O–H groups in total. The summed E-state index contributed by atoms with van der Waals surface area (Å²) in [5, 5.41) is 0. The Bertz CT molecular complexity index is 857. The van der Waals surface area contributed by atoms with Crippen LogP contribution < -0.4 is 4.74 Å². The van der Waals surface area contributed by atoms with Crippen LogP contribution in [0.1, 0.15) is 81.8 Å². The van der Waals surface area contributed by atoms with Crippen molar-refractivity contribution in [2.45, 2.75) is 89.5 Å². The molecule has 1 fully saturated rings. The summed E-state index contributed by atoms with van der Waals surface area (Å²) in [5.74, 6) is -0.0622. The first-order valence-electron chi connectivity index (χ1n) is 12.4. The van der Waals surface area contributed by atoms with Gasteiger partial charge in [-0.05, 0) is 67.7 Å². The predicted molar refractivity (Wildman–Crippen MR) is 127 cm³/mol. The van der Waals surface area contributed by atoms with Crippen LogP contribution in [0.3, 0.4) is 0 Å². The molecule has 0 amide bonds. The van der Waals surface area contributed by atoms with Gasteiger partial charge < -0.3 is 9.47 Å². The largest absolute Gasteiger partial charge is 0.489 e. The van der Waals surface area contributed by atoms with Gasteiger partial charge in [-0.1, -0.05) is 68.7 Å². The van der Waals surface area contributed by atoms with E-state index < -0.39 is 24.2 Å². The lowest BCUT2D eigenvalue weighted by Crippen LogP contribution is -2.36. The van der Waals surface area contributed by atoms with Gasteiger partial charge in [0.15, 0.2) is 6.10 Å². The molecular weight excluding hydrogens is 441 g/mol. The van der Waals surface area contributed by atoms with Gasteiger partial charge in [-0.3, -0.25) is 4.79 Å². The SMILES string of the molecule is CCCCCC[C@@H](OC(=O)C1CCC(c2ccc(OCc3ccccc3)cc2)CC1)C(F)(F)F. The standard InChI is InChI=1S/C28H35F3O3/c1-2-3-4-8-11-26(28(29,30)31)34-27(32)24-14-12-22(13-15-24)23-16-18-25(19-17-23)33-20-21-9-6-5-7-10-21/h5-7,9-10,16-19,22,24,26H,2-4,8,11-15,20H2,1H3/t22?,24?,26-/m1/s1. The number of esters is 1. The lowest BCUT2D eigenvalue weighted by atomic mass is 9.78. The summed E-state index contributed by atoms with van der Waals surface area (Å²) >= 11 is 0. The van der Waals surface area contributed by atoms with Crippen LogP contribution in [0, 0.1) is 5.92 Å². The number of halogens is 3. The van der Waals surface area contributed by atoms with Crippen LogP contribution in [0.5, 0.6) is 5.75 Å². The Morgan fingerprint density at radius 2 is 1.62 bits per heavy atom. The summed E-state index contributed by atoms with van der Waals surface area (Å²) < 4.78 is 50.8. The van der Waals surface area contributed by atoms with Gasteiger partial charge >= 0.3 is 12.1 Å². The second-order valence-electron chi connectivity index (χ2n) is 9.21. The van der Waals surface area contributed by atoms with Crippen LogP contribution in [0.25, 0.3) is 0 Å². The summed E-state index contributed by atoms with van der Waals surface area (Å²) in [6, 6.07) is 17.9.